The number of benzene rings is 2. The van der Waals surface area contributed by atoms with E-state index < -0.39 is 0 Å². The fourth-order valence-corrected chi connectivity index (χ4v) is 3.59. The molecule has 0 N–H and O–H groups in total. The van der Waals surface area contributed by atoms with E-state index >= 15 is 0 Å². The first kappa shape index (κ1) is 13.6. The van der Waals surface area contributed by atoms with Crippen molar-refractivity contribution in [1.29, 1.82) is 0 Å². The summed E-state index contributed by atoms with van der Waals surface area (Å²) < 4.78 is 13.1. The van der Waals surface area contributed by atoms with Crippen LogP contribution in [0.1, 0.15) is 0 Å². The normalized spacial score (nSPS) is 10.8. The number of thiophene rings is 1. The molecule has 0 aliphatic carbocycles. The van der Waals surface area contributed by atoms with Crippen molar-refractivity contribution in [3.63, 3.8) is 0 Å². The van der Waals surface area contributed by atoms with Crippen LogP contribution in [0.4, 0.5) is 0 Å². The molecule has 20 heavy (non-hydrogen) atoms. The predicted octanol–water partition coefficient (Wildman–Crippen LogP) is 3.38. The molecule has 0 spiro atoms. The fraction of sp³-hybridized carbons (Fsp3) is 0.125. The van der Waals surface area contributed by atoms with Crippen LogP contribution in [0.2, 0.25) is 0 Å². The molecule has 1 heterocycles. The summed E-state index contributed by atoms with van der Waals surface area (Å²) in [5, 5.41) is 1.29. The van der Waals surface area contributed by atoms with Crippen LogP contribution in [-0.2, 0) is 0 Å². The first-order chi connectivity index (χ1) is 9.72. The minimum absolute atomic E-state index is 0.884. The van der Waals surface area contributed by atoms with Gasteiger partial charge in [0, 0.05) is 0 Å². The van der Waals surface area contributed by atoms with Crippen molar-refractivity contribution >= 4 is 43.4 Å². The number of hydrogen-bond acceptors (Lipinski definition) is 3. The molecule has 0 saturated carbocycles. The second-order valence-electron chi connectivity index (χ2n) is 4.65. The van der Waals surface area contributed by atoms with Gasteiger partial charge < -0.3 is 0 Å². The Labute approximate surface area is 131 Å². The zero-order valence-corrected chi connectivity index (χ0v) is 12.6. The van der Waals surface area contributed by atoms with Crippen LogP contribution >= 0.6 is 11.3 Å². The van der Waals surface area contributed by atoms with Gasteiger partial charge in [-0.25, -0.2) is 0 Å². The molecule has 0 atom stereocenters. The van der Waals surface area contributed by atoms with Crippen molar-refractivity contribution in [3.8, 4) is 21.9 Å². The van der Waals surface area contributed by atoms with E-state index in [1.807, 2.05) is 18.2 Å². The number of rotatable bonds is 3. The van der Waals surface area contributed by atoms with E-state index in [9.17, 15) is 0 Å². The van der Waals surface area contributed by atoms with E-state index in [0.29, 0.717) is 0 Å². The van der Waals surface area contributed by atoms with Gasteiger partial charge in [-0.15, -0.1) is 0 Å². The van der Waals surface area contributed by atoms with Gasteiger partial charge in [-0.2, -0.15) is 0 Å². The van der Waals surface area contributed by atoms with Gasteiger partial charge in [0.05, 0.1) is 0 Å². The molecule has 0 bridgehead atoms. The van der Waals surface area contributed by atoms with Crippen molar-refractivity contribution in [2.24, 2.45) is 0 Å². The van der Waals surface area contributed by atoms with Crippen LogP contribution in [0.5, 0.6) is 11.5 Å². The zero-order valence-electron chi connectivity index (χ0n) is 11.8. The van der Waals surface area contributed by atoms with Crippen LogP contribution in [0.25, 0.3) is 20.5 Å². The van der Waals surface area contributed by atoms with E-state index in [-0.39, 0.29) is 0 Å². The number of methoxy groups -OCH3 is 2. The Kier molecular flexibility index (Phi) is 3.76. The summed E-state index contributed by atoms with van der Waals surface area (Å²) >= 11 is 3.97. The summed E-state index contributed by atoms with van der Waals surface area (Å²) in [5.74, 6) is 1.79. The monoisotopic (exact) mass is 276 g/mol. The quantitative estimate of drug-likeness (QED) is 0.683. The molecule has 3 rings (SSSR count). The van der Waals surface area contributed by atoms with E-state index in [0.717, 1.165) is 11.5 Å². The van der Waals surface area contributed by atoms with Crippen molar-refractivity contribution in [2.45, 2.75) is 0 Å². The molecule has 0 amide bonds. The van der Waals surface area contributed by atoms with Gasteiger partial charge in [0.1, 0.15) is 0 Å². The Hall–Kier alpha value is -1.40. The second kappa shape index (κ2) is 5.53. The first-order valence-corrected chi connectivity index (χ1v) is 7.26. The molecule has 3 aromatic rings. The molecule has 0 aliphatic rings. The van der Waals surface area contributed by atoms with Gasteiger partial charge in [0.25, 0.3) is 0 Å². The van der Waals surface area contributed by atoms with Crippen LogP contribution < -0.4 is 13.7 Å². The SMILES string of the molecule is [Li][c]1c(-c2ccc(OC)cc2)sc2cc(OC)ccc12. The first-order valence-electron chi connectivity index (χ1n) is 6.44. The molecule has 0 unspecified atom stereocenters. The Morgan fingerprint density at radius 3 is 2.20 bits per heavy atom. The fourth-order valence-electron chi connectivity index (χ4n) is 2.35. The minimum atomic E-state index is 0.884. The molecule has 0 fully saturated rings. The third-order valence-corrected chi connectivity index (χ3v) is 4.80. The van der Waals surface area contributed by atoms with E-state index in [4.69, 9.17) is 9.47 Å². The van der Waals surface area contributed by atoms with Crippen LogP contribution in [0.15, 0.2) is 42.5 Å². The number of ether oxygens (including phenoxy) is 2. The maximum atomic E-state index is 5.30. The predicted molar refractivity (Wildman–Crippen MR) is 85.8 cm³/mol. The van der Waals surface area contributed by atoms with Gasteiger partial charge in [-0.3, -0.25) is 0 Å². The standard InChI is InChI=1S/C16H13O2S.Li/c1-17-13-6-3-11(4-7-13)15-9-12-5-8-14(18-2)10-16(12)19-15;/h3-8,10H,1-2H3;. The average Bonchev–Trinajstić information content (AvgIpc) is 2.84. The summed E-state index contributed by atoms with van der Waals surface area (Å²) in [5.41, 5.74) is 1.23. The Morgan fingerprint density at radius 1 is 0.900 bits per heavy atom. The molecule has 2 aromatic carbocycles. The van der Waals surface area contributed by atoms with E-state index in [1.54, 1.807) is 25.6 Å². The maximum absolute atomic E-state index is 5.30. The summed E-state index contributed by atoms with van der Waals surface area (Å²) in [6, 6.07) is 14.5. The second-order valence-corrected chi connectivity index (χ2v) is 5.70. The summed E-state index contributed by atoms with van der Waals surface area (Å²) in [6.07, 6.45) is 0. The molecule has 96 valence electrons. The topological polar surface area (TPSA) is 18.5 Å². The molecule has 0 saturated heterocycles. The molecular weight excluding hydrogens is 263 g/mol. The van der Waals surface area contributed by atoms with Gasteiger partial charge in [-0.1, -0.05) is 0 Å². The Balaban J connectivity index is 2.12. The summed E-state index contributed by atoms with van der Waals surface area (Å²) in [4.78, 5) is 1.30. The third-order valence-electron chi connectivity index (χ3n) is 3.50. The summed E-state index contributed by atoms with van der Waals surface area (Å²) in [6.45, 7) is 0. The molecule has 4 heteroatoms. The Morgan fingerprint density at radius 2 is 1.55 bits per heavy atom. The average molecular weight is 276 g/mol. The third kappa shape index (κ3) is 2.33. The molecule has 2 nitrogen and oxygen atoms in total. The zero-order chi connectivity index (χ0) is 14.1. The van der Waals surface area contributed by atoms with Crippen molar-refractivity contribution in [3.05, 3.63) is 42.5 Å². The molecule has 0 aliphatic heterocycles. The molecule has 0 radical (unpaired) electrons. The van der Waals surface area contributed by atoms with Gasteiger partial charge in [-0.05, 0) is 0 Å². The van der Waals surface area contributed by atoms with Crippen molar-refractivity contribution < 1.29 is 9.47 Å². The van der Waals surface area contributed by atoms with Crippen LogP contribution in [0.3, 0.4) is 0 Å². The van der Waals surface area contributed by atoms with Crippen LogP contribution in [0, 0.1) is 0 Å². The van der Waals surface area contributed by atoms with E-state index in [2.05, 4.69) is 42.0 Å². The van der Waals surface area contributed by atoms with Gasteiger partial charge in [0.2, 0.25) is 0 Å². The van der Waals surface area contributed by atoms with E-state index in [1.165, 1.54) is 24.8 Å². The van der Waals surface area contributed by atoms with Crippen LogP contribution in [-0.4, -0.2) is 31.9 Å². The van der Waals surface area contributed by atoms with Gasteiger partial charge in [0.15, 0.2) is 0 Å². The molecular formula is C16H13LiO2S. The molecule has 1 aromatic heterocycles. The number of hydrogen-bond donors (Lipinski definition) is 0. The van der Waals surface area contributed by atoms with Gasteiger partial charge >= 0.3 is 131 Å². The number of fused-ring (bicyclic) bond motifs is 1. The van der Waals surface area contributed by atoms with Crippen molar-refractivity contribution in [2.75, 3.05) is 14.2 Å². The Bertz CT molecular complexity index is 747. The summed E-state index contributed by atoms with van der Waals surface area (Å²) in [7, 11) is 3.39. The van der Waals surface area contributed by atoms with Crippen molar-refractivity contribution in [1.82, 2.24) is 0 Å².